The van der Waals surface area contributed by atoms with Crippen LogP contribution < -0.4 is 16.4 Å². The molecule has 16 heavy (non-hydrogen) atoms. The zero-order valence-corrected chi connectivity index (χ0v) is 9.12. The Balaban J connectivity index is 2.64. The summed E-state index contributed by atoms with van der Waals surface area (Å²) in [6.07, 6.45) is 0.289. The van der Waals surface area contributed by atoms with Gasteiger partial charge in [0.15, 0.2) is 0 Å². The fraction of sp³-hybridized carbons (Fsp3) is 0.273. The van der Waals surface area contributed by atoms with Gasteiger partial charge in [-0.2, -0.15) is 0 Å². The average molecular weight is 221 g/mol. The Bertz CT molecular complexity index is 373. The first-order valence-corrected chi connectivity index (χ1v) is 4.99. The largest absolute Gasteiger partial charge is 0.355 e. The van der Waals surface area contributed by atoms with Crippen molar-refractivity contribution in [2.24, 2.45) is 5.73 Å². The second kappa shape index (κ2) is 5.87. The van der Waals surface area contributed by atoms with Gasteiger partial charge in [-0.1, -0.05) is 0 Å². The predicted octanol–water partition coefficient (Wildman–Crippen LogP) is 0.334. The summed E-state index contributed by atoms with van der Waals surface area (Å²) < 4.78 is 0. The van der Waals surface area contributed by atoms with Crippen LogP contribution in [0.2, 0.25) is 0 Å². The molecule has 0 aliphatic heterocycles. The summed E-state index contributed by atoms with van der Waals surface area (Å²) in [6, 6.07) is 6.66. The Hall–Kier alpha value is -1.88. The van der Waals surface area contributed by atoms with Crippen LogP contribution in [0.15, 0.2) is 24.3 Å². The van der Waals surface area contributed by atoms with E-state index in [2.05, 4.69) is 10.6 Å². The first kappa shape index (κ1) is 12.2. The third kappa shape index (κ3) is 3.36. The number of carbonyl (C=O) groups excluding carboxylic acids is 2. The van der Waals surface area contributed by atoms with Crippen molar-refractivity contribution >= 4 is 17.5 Å². The van der Waals surface area contributed by atoms with Crippen LogP contribution in [-0.2, 0) is 4.79 Å². The number of amides is 2. The lowest BCUT2D eigenvalue weighted by Crippen LogP contribution is -2.18. The molecule has 1 rings (SSSR count). The highest BCUT2D eigenvalue weighted by molar-refractivity contribution is 5.95. The number of hydrogen-bond acceptors (Lipinski definition) is 3. The summed E-state index contributed by atoms with van der Waals surface area (Å²) in [6.45, 7) is 0.322. The SMILES string of the molecule is CNC(=O)c1ccc(NC(=O)CCN)cc1. The second-order valence-electron chi connectivity index (χ2n) is 3.24. The lowest BCUT2D eigenvalue weighted by Gasteiger charge is -2.05. The van der Waals surface area contributed by atoms with Gasteiger partial charge in [-0.05, 0) is 24.3 Å². The lowest BCUT2D eigenvalue weighted by atomic mass is 10.2. The molecule has 86 valence electrons. The molecule has 0 radical (unpaired) electrons. The predicted molar refractivity (Wildman–Crippen MR) is 62.1 cm³/mol. The van der Waals surface area contributed by atoms with E-state index in [1.165, 1.54) is 0 Å². The summed E-state index contributed by atoms with van der Waals surface area (Å²) >= 11 is 0. The van der Waals surface area contributed by atoms with E-state index in [4.69, 9.17) is 5.73 Å². The third-order valence-electron chi connectivity index (χ3n) is 2.03. The van der Waals surface area contributed by atoms with Crippen LogP contribution in [0.1, 0.15) is 16.8 Å². The molecular formula is C11H15N3O2. The molecular weight excluding hydrogens is 206 g/mol. The number of nitrogens with one attached hydrogen (secondary N) is 2. The molecule has 0 saturated heterocycles. The fourth-order valence-corrected chi connectivity index (χ4v) is 1.20. The van der Waals surface area contributed by atoms with E-state index >= 15 is 0 Å². The fourth-order valence-electron chi connectivity index (χ4n) is 1.20. The standard InChI is InChI=1S/C11H15N3O2/c1-13-11(16)8-2-4-9(5-3-8)14-10(15)6-7-12/h2-5H,6-7,12H2,1H3,(H,13,16)(H,14,15). The monoisotopic (exact) mass is 221 g/mol. The van der Waals surface area contributed by atoms with E-state index in [1.807, 2.05) is 0 Å². The number of carbonyl (C=O) groups is 2. The van der Waals surface area contributed by atoms with E-state index in [-0.39, 0.29) is 18.2 Å². The highest BCUT2D eigenvalue weighted by atomic mass is 16.2. The minimum absolute atomic E-state index is 0.129. The van der Waals surface area contributed by atoms with Crippen molar-refractivity contribution in [3.8, 4) is 0 Å². The van der Waals surface area contributed by atoms with E-state index in [1.54, 1.807) is 31.3 Å². The quantitative estimate of drug-likeness (QED) is 0.685. The molecule has 0 spiro atoms. The van der Waals surface area contributed by atoms with Gasteiger partial charge in [0.2, 0.25) is 5.91 Å². The number of rotatable bonds is 4. The summed E-state index contributed by atoms with van der Waals surface area (Å²) in [5.41, 5.74) is 6.46. The lowest BCUT2D eigenvalue weighted by molar-refractivity contribution is -0.116. The molecule has 2 amide bonds. The van der Waals surface area contributed by atoms with Gasteiger partial charge < -0.3 is 16.4 Å². The number of hydrogen-bond donors (Lipinski definition) is 3. The molecule has 5 heteroatoms. The summed E-state index contributed by atoms with van der Waals surface area (Å²) in [5, 5.41) is 5.20. The molecule has 4 N–H and O–H groups in total. The molecule has 0 atom stereocenters. The van der Waals surface area contributed by atoms with Crippen LogP contribution in [0.25, 0.3) is 0 Å². The van der Waals surface area contributed by atoms with Gasteiger partial charge in [-0.3, -0.25) is 9.59 Å². The van der Waals surface area contributed by atoms with Gasteiger partial charge in [0, 0.05) is 31.3 Å². The summed E-state index contributed by atoms with van der Waals surface area (Å²) in [5.74, 6) is -0.282. The van der Waals surface area contributed by atoms with Crippen molar-refractivity contribution in [1.29, 1.82) is 0 Å². The van der Waals surface area contributed by atoms with Gasteiger partial charge >= 0.3 is 0 Å². The van der Waals surface area contributed by atoms with Crippen LogP contribution in [0.3, 0.4) is 0 Å². The van der Waals surface area contributed by atoms with Crippen LogP contribution in [0, 0.1) is 0 Å². The number of anilines is 1. The number of benzene rings is 1. The Labute approximate surface area is 94.0 Å². The third-order valence-corrected chi connectivity index (χ3v) is 2.03. The van der Waals surface area contributed by atoms with E-state index in [9.17, 15) is 9.59 Å². The molecule has 1 aromatic rings. The normalized spacial score (nSPS) is 9.62. The molecule has 0 fully saturated rings. The molecule has 0 aliphatic rings. The Morgan fingerprint density at radius 3 is 2.38 bits per heavy atom. The maximum absolute atomic E-state index is 11.2. The molecule has 0 unspecified atom stereocenters. The Kier molecular flexibility index (Phi) is 4.47. The van der Waals surface area contributed by atoms with Crippen molar-refractivity contribution in [1.82, 2.24) is 5.32 Å². The van der Waals surface area contributed by atoms with E-state index < -0.39 is 0 Å². The van der Waals surface area contributed by atoms with Crippen molar-refractivity contribution in [2.45, 2.75) is 6.42 Å². The molecule has 0 bridgehead atoms. The van der Waals surface area contributed by atoms with Crippen LogP contribution >= 0.6 is 0 Å². The van der Waals surface area contributed by atoms with Gasteiger partial charge in [-0.15, -0.1) is 0 Å². The Morgan fingerprint density at radius 2 is 1.88 bits per heavy atom. The second-order valence-corrected chi connectivity index (χ2v) is 3.24. The van der Waals surface area contributed by atoms with Crippen molar-refractivity contribution in [3.05, 3.63) is 29.8 Å². The minimum atomic E-state index is -0.153. The topological polar surface area (TPSA) is 84.2 Å². The first-order valence-electron chi connectivity index (χ1n) is 4.99. The zero-order chi connectivity index (χ0) is 12.0. The van der Waals surface area contributed by atoms with Crippen molar-refractivity contribution in [2.75, 3.05) is 18.9 Å². The molecule has 0 saturated carbocycles. The molecule has 0 aliphatic carbocycles. The van der Waals surface area contributed by atoms with Gasteiger partial charge in [-0.25, -0.2) is 0 Å². The van der Waals surface area contributed by atoms with Crippen molar-refractivity contribution in [3.63, 3.8) is 0 Å². The maximum Gasteiger partial charge on any atom is 0.251 e. The highest BCUT2D eigenvalue weighted by Crippen LogP contribution is 2.09. The summed E-state index contributed by atoms with van der Waals surface area (Å²) in [7, 11) is 1.57. The maximum atomic E-state index is 11.2. The van der Waals surface area contributed by atoms with E-state index in [0.29, 0.717) is 17.8 Å². The zero-order valence-electron chi connectivity index (χ0n) is 9.12. The molecule has 0 heterocycles. The molecule has 5 nitrogen and oxygen atoms in total. The first-order chi connectivity index (χ1) is 7.67. The van der Waals surface area contributed by atoms with E-state index in [0.717, 1.165) is 0 Å². The average Bonchev–Trinajstić information content (AvgIpc) is 2.29. The smallest absolute Gasteiger partial charge is 0.251 e. The molecule has 0 aromatic heterocycles. The minimum Gasteiger partial charge on any atom is -0.355 e. The van der Waals surface area contributed by atoms with Crippen molar-refractivity contribution < 1.29 is 9.59 Å². The van der Waals surface area contributed by atoms with Crippen LogP contribution in [-0.4, -0.2) is 25.4 Å². The summed E-state index contributed by atoms with van der Waals surface area (Å²) in [4.78, 5) is 22.5. The Morgan fingerprint density at radius 1 is 1.25 bits per heavy atom. The van der Waals surface area contributed by atoms with Gasteiger partial charge in [0.05, 0.1) is 0 Å². The highest BCUT2D eigenvalue weighted by Gasteiger charge is 2.04. The van der Waals surface area contributed by atoms with Crippen LogP contribution in [0.4, 0.5) is 5.69 Å². The number of nitrogens with two attached hydrogens (primary N) is 1. The van der Waals surface area contributed by atoms with Crippen LogP contribution in [0.5, 0.6) is 0 Å². The molecule has 1 aromatic carbocycles. The van der Waals surface area contributed by atoms with Gasteiger partial charge in [0.25, 0.3) is 5.91 Å². The van der Waals surface area contributed by atoms with Gasteiger partial charge in [0.1, 0.15) is 0 Å².